The van der Waals surface area contributed by atoms with Crippen LogP contribution >= 0.6 is 23.2 Å². The zero-order valence-corrected chi connectivity index (χ0v) is 48.1. The molecular formula is C52H64Cl2N6O12SSi2. The highest BCUT2D eigenvalue weighted by atomic mass is 35.5. The first-order chi connectivity index (χ1) is 35.5. The topological polar surface area (TPSA) is 216 Å². The van der Waals surface area contributed by atoms with E-state index in [1.165, 1.54) is 39.5 Å². The number of nitrogens with zero attached hydrogens (tertiary/aromatic N) is 4. The third-order valence-corrected chi connectivity index (χ3v) is 17.0. The van der Waals surface area contributed by atoms with Crippen molar-refractivity contribution in [1.29, 1.82) is 0 Å². The number of nitrogens with two attached hydrogens (primary N) is 1. The summed E-state index contributed by atoms with van der Waals surface area (Å²) in [4.78, 5) is 23.1. The molecule has 0 aliphatic rings. The van der Waals surface area contributed by atoms with Crippen molar-refractivity contribution in [3.05, 3.63) is 112 Å². The molecule has 402 valence electrons. The zero-order valence-electron chi connectivity index (χ0n) is 43.7. The number of carbonyl (C=O) groups is 2. The molecule has 23 heteroatoms. The predicted molar refractivity (Wildman–Crippen MR) is 297 cm³/mol. The largest absolute Gasteiger partial charge is 0.493 e. The summed E-state index contributed by atoms with van der Waals surface area (Å²) in [7, 11) is -0.928. The third kappa shape index (κ3) is 15.9. The number of hydrogen-bond donors (Lipinski definition) is 2. The fourth-order valence-electron chi connectivity index (χ4n) is 7.24. The van der Waals surface area contributed by atoms with Gasteiger partial charge in [-0.2, -0.15) is 10.2 Å². The second kappa shape index (κ2) is 25.5. The number of esters is 2. The lowest BCUT2D eigenvalue weighted by Crippen LogP contribution is -2.22. The first-order valence-electron chi connectivity index (χ1n) is 23.7. The van der Waals surface area contributed by atoms with Crippen LogP contribution in [-0.2, 0) is 64.9 Å². The van der Waals surface area contributed by atoms with Gasteiger partial charge in [-0.05, 0) is 89.9 Å². The second-order valence-electron chi connectivity index (χ2n) is 19.6. The van der Waals surface area contributed by atoms with E-state index in [0.717, 1.165) is 35.2 Å². The number of aromatic nitrogens is 4. The van der Waals surface area contributed by atoms with Gasteiger partial charge < -0.3 is 43.6 Å². The third-order valence-electron chi connectivity index (χ3n) is 11.5. The van der Waals surface area contributed by atoms with Gasteiger partial charge in [0.05, 0.1) is 75.4 Å². The van der Waals surface area contributed by atoms with Crippen LogP contribution in [0.5, 0.6) is 34.5 Å². The quantitative estimate of drug-likeness (QED) is 0.0264. The van der Waals surface area contributed by atoms with E-state index in [4.69, 9.17) is 66.8 Å². The lowest BCUT2D eigenvalue weighted by Gasteiger charge is -2.17. The van der Waals surface area contributed by atoms with Crippen molar-refractivity contribution < 1.29 is 55.9 Å². The molecule has 0 spiro atoms. The van der Waals surface area contributed by atoms with Crippen LogP contribution in [0.3, 0.4) is 0 Å². The maximum atomic E-state index is 13.6. The van der Waals surface area contributed by atoms with Gasteiger partial charge in [-0.3, -0.25) is 14.3 Å². The summed E-state index contributed by atoms with van der Waals surface area (Å²) in [6.45, 7) is 15.7. The highest BCUT2D eigenvalue weighted by molar-refractivity contribution is 7.92. The molecule has 3 N–H and O–H groups in total. The van der Waals surface area contributed by atoms with Crippen molar-refractivity contribution in [2.75, 3.05) is 52.1 Å². The number of ether oxygens (including phenoxy) is 8. The Hall–Kier alpha value is -6.34. The molecule has 5 aromatic carbocycles. The van der Waals surface area contributed by atoms with Gasteiger partial charge in [-0.1, -0.05) is 74.6 Å². The minimum Gasteiger partial charge on any atom is -0.493 e. The van der Waals surface area contributed by atoms with E-state index in [2.05, 4.69) is 54.2 Å². The molecule has 0 radical (unpaired) electrons. The normalized spacial score (nSPS) is 11.7. The van der Waals surface area contributed by atoms with E-state index < -0.39 is 32.1 Å². The Morgan fingerprint density at radius 2 is 1.08 bits per heavy atom. The van der Waals surface area contributed by atoms with E-state index in [1.54, 1.807) is 83.5 Å². The number of methoxy groups -OCH3 is 4. The zero-order chi connectivity index (χ0) is 54.7. The number of sulfonamides is 1. The molecule has 0 unspecified atom stereocenters. The average Bonchev–Trinajstić information content (AvgIpc) is 3.98. The number of fused-ring (bicyclic) bond motifs is 2. The SMILES string of the molecule is COC(=O)Cc1ccc(Oc2ccc3c(cnn3COCC[Si](C)(C)C)c2N)c(OC)c1.COC(=O)Cc1ccc(Oc2ccc3c(cnn3COCC[Si](C)(C)C)c2NS(=O)(=O)c2ccc(Cl)cc2Cl)c(OC)c1. The molecule has 0 aliphatic heterocycles. The highest BCUT2D eigenvalue weighted by Crippen LogP contribution is 2.42. The second-order valence-corrected chi connectivity index (χ2v) is 33.4. The number of rotatable bonds is 23. The summed E-state index contributed by atoms with van der Waals surface area (Å²) >= 11 is 12.3. The lowest BCUT2D eigenvalue weighted by atomic mass is 10.1. The fraction of sp³-hybridized carbons (Fsp3) is 0.346. The molecule has 18 nitrogen and oxygen atoms in total. The maximum absolute atomic E-state index is 13.6. The van der Waals surface area contributed by atoms with Gasteiger partial charge in [0.2, 0.25) is 0 Å². The molecule has 2 aromatic heterocycles. The molecule has 0 fully saturated rings. The van der Waals surface area contributed by atoms with Gasteiger partial charge >= 0.3 is 11.9 Å². The molecule has 0 amide bonds. The molecule has 0 saturated heterocycles. The predicted octanol–water partition coefficient (Wildman–Crippen LogP) is 11.4. The molecule has 0 atom stereocenters. The number of anilines is 2. The van der Waals surface area contributed by atoms with Crippen LogP contribution in [0, 0.1) is 0 Å². The Morgan fingerprint density at radius 1 is 0.613 bits per heavy atom. The summed E-state index contributed by atoms with van der Waals surface area (Å²) in [5.74, 6) is 1.57. The number of hydrogen-bond acceptors (Lipinski definition) is 15. The molecule has 75 heavy (non-hydrogen) atoms. The summed E-state index contributed by atoms with van der Waals surface area (Å²) in [5.41, 5.74) is 9.92. The number of benzene rings is 5. The first kappa shape index (κ1) is 57.9. The number of halogens is 2. The van der Waals surface area contributed by atoms with Gasteiger partial charge in [0.1, 0.15) is 24.0 Å². The van der Waals surface area contributed by atoms with Gasteiger partial charge in [0, 0.05) is 45.2 Å². The molecule has 7 rings (SSSR count). The van der Waals surface area contributed by atoms with Crippen LogP contribution in [0.15, 0.2) is 96.2 Å². The monoisotopic (exact) mass is 1120 g/mol. The maximum Gasteiger partial charge on any atom is 0.309 e. The Balaban J connectivity index is 0.000000255. The first-order valence-corrected chi connectivity index (χ1v) is 33.4. The van der Waals surface area contributed by atoms with Crippen LogP contribution in [0.2, 0.25) is 61.4 Å². The Bertz CT molecular complexity index is 3250. The summed E-state index contributed by atoms with van der Waals surface area (Å²) in [5, 5.41) is 10.4. The van der Waals surface area contributed by atoms with Crippen LogP contribution in [0.25, 0.3) is 21.8 Å². The number of carbonyl (C=O) groups excluding carboxylic acids is 2. The smallest absolute Gasteiger partial charge is 0.309 e. The van der Waals surface area contributed by atoms with Gasteiger partial charge in [0.25, 0.3) is 10.0 Å². The van der Waals surface area contributed by atoms with E-state index in [9.17, 15) is 18.0 Å². The molecule has 0 saturated carbocycles. The summed E-state index contributed by atoms with van der Waals surface area (Å²) < 4.78 is 77.6. The van der Waals surface area contributed by atoms with Crippen molar-refractivity contribution in [3.63, 3.8) is 0 Å². The van der Waals surface area contributed by atoms with Gasteiger partial charge in [-0.25, -0.2) is 17.8 Å². The van der Waals surface area contributed by atoms with E-state index in [-0.39, 0.29) is 46.9 Å². The molecule has 2 heterocycles. The van der Waals surface area contributed by atoms with Crippen LogP contribution in [0.1, 0.15) is 11.1 Å². The molecule has 7 aromatic rings. The standard InChI is InChI=1S/C29H33Cl2N3O7SSi.C23H31N3O5Si/c1-38-26-14-19(15-28(35)39-2)6-9-24(26)41-25-10-8-23-21(17-32-34(23)18-40-12-13-43(3,4)5)29(25)33-42(36,37)27-11-7-20(30)16-22(27)31;1-28-21-12-16(13-22(27)29-2)6-8-19(21)31-20-9-7-18-17(23(20)24)14-25-26(18)15-30-10-11-32(3,4)5/h6-11,14,16-17,33H,12-13,15,18H2,1-5H3;6-9,12,14H,10-11,13,15,24H2,1-5H3. The fourth-order valence-corrected chi connectivity index (χ4v) is 10.6. The van der Waals surface area contributed by atoms with Gasteiger partial charge in [-0.15, -0.1) is 0 Å². The summed E-state index contributed by atoms with van der Waals surface area (Å²) in [6, 6.07) is 23.6. The molecule has 0 bridgehead atoms. The molecule has 0 aliphatic carbocycles. The van der Waals surface area contributed by atoms with E-state index >= 15 is 0 Å². The molecular weight excluding hydrogens is 1060 g/mol. The van der Waals surface area contributed by atoms with E-state index in [0.29, 0.717) is 69.3 Å². The Morgan fingerprint density at radius 3 is 1.56 bits per heavy atom. The summed E-state index contributed by atoms with van der Waals surface area (Å²) in [6.07, 6.45) is 3.46. The van der Waals surface area contributed by atoms with Gasteiger partial charge in [0.15, 0.2) is 34.5 Å². The lowest BCUT2D eigenvalue weighted by molar-refractivity contribution is -0.140. The Kier molecular flexibility index (Phi) is 19.7. The average molecular weight is 1120 g/mol. The van der Waals surface area contributed by atoms with Crippen molar-refractivity contribution in [1.82, 2.24) is 19.6 Å². The van der Waals surface area contributed by atoms with Crippen molar-refractivity contribution in [3.8, 4) is 34.5 Å². The van der Waals surface area contributed by atoms with Crippen LogP contribution in [-0.4, -0.2) is 97.7 Å². The highest BCUT2D eigenvalue weighted by Gasteiger charge is 2.25. The van der Waals surface area contributed by atoms with Crippen LogP contribution in [0.4, 0.5) is 11.4 Å². The van der Waals surface area contributed by atoms with E-state index in [1.807, 2.05) is 6.07 Å². The number of nitrogens with one attached hydrogen (secondary N) is 1. The van der Waals surface area contributed by atoms with Crippen molar-refractivity contribution in [2.45, 2.75) is 82.6 Å². The van der Waals surface area contributed by atoms with Crippen molar-refractivity contribution >= 4 is 94.5 Å². The minimum atomic E-state index is -4.20. The van der Waals surface area contributed by atoms with Crippen molar-refractivity contribution in [2.24, 2.45) is 0 Å². The van der Waals surface area contributed by atoms with Crippen LogP contribution < -0.4 is 29.4 Å². The Labute approximate surface area is 449 Å². The number of nitrogen functional groups attached to an aromatic ring is 1. The minimum absolute atomic E-state index is 0.0380.